The molecule has 0 fully saturated rings. The zero-order valence-electron chi connectivity index (χ0n) is 9.63. The second-order valence-corrected chi connectivity index (χ2v) is 3.99. The largest absolute Gasteiger partial charge is 0.364 e. The van der Waals surface area contributed by atoms with Crippen LogP contribution in [0.25, 0.3) is 5.65 Å². The third-order valence-corrected chi connectivity index (χ3v) is 2.75. The van der Waals surface area contributed by atoms with Crippen LogP contribution in [0.1, 0.15) is 16.1 Å². The number of pyridine rings is 1. The summed E-state index contributed by atoms with van der Waals surface area (Å²) >= 11 is 0. The van der Waals surface area contributed by atoms with Crippen LogP contribution in [0.15, 0.2) is 49.1 Å². The molecule has 3 aromatic rings. The molecule has 0 aliphatic heterocycles. The Kier molecular flexibility index (Phi) is 2.57. The molecule has 0 saturated heterocycles. The maximum absolute atomic E-state index is 11.9. The molecule has 2 N–H and O–H groups in total. The quantitative estimate of drug-likeness (QED) is 0.730. The van der Waals surface area contributed by atoms with Crippen LogP contribution in [0.5, 0.6) is 0 Å². The van der Waals surface area contributed by atoms with Gasteiger partial charge in [0.15, 0.2) is 0 Å². The van der Waals surface area contributed by atoms with Gasteiger partial charge >= 0.3 is 0 Å². The van der Waals surface area contributed by atoms with E-state index in [-0.39, 0.29) is 5.91 Å². The fraction of sp³-hybridized carbons (Fsp3) is 0.0769. The fourth-order valence-electron chi connectivity index (χ4n) is 1.81. The van der Waals surface area contributed by atoms with Gasteiger partial charge in [0, 0.05) is 30.5 Å². The highest BCUT2D eigenvalue weighted by Gasteiger charge is 2.06. The van der Waals surface area contributed by atoms with Gasteiger partial charge in [0.05, 0.1) is 12.1 Å². The zero-order chi connectivity index (χ0) is 12.4. The van der Waals surface area contributed by atoms with Gasteiger partial charge in [0.2, 0.25) is 0 Å². The molecule has 0 radical (unpaired) electrons. The number of aromatic amines is 1. The molecule has 0 unspecified atom stereocenters. The summed E-state index contributed by atoms with van der Waals surface area (Å²) in [5.74, 6) is -0.0970. The first-order valence-electron chi connectivity index (χ1n) is 5.66. The Morgan fingerprint density at radius 3 is 3.17 bits per heavy atom. The molecular formula is C13H12N4O. The van der Waals surface area contributed by atoms with Crippen LogP contribution < -0.4 is 5.32 Å². The molecule has 90 valence electrons. The van der Waals surface area contributed by atoms with E-state index in [9.17, 15) is 4.79 Å². The lowest BCUT2D eigenvalue weighted by Crippen LogP contribution is -2.23. The maximum Gasteiger partial charge on any atom is 0.253 e. The first kappa shape index (κ1) is 10.6. The first-order chi connectivity index (χ1) is 8.83. The topological polar surface area (TPSA) is 62.2 Å². The Morgan fingerprint density at radius 1 is 1.39 bits per heavy atom. The summed E-state index contributed by atoms with van der Waals surface area (Å²) in [4.78, 5) is 19.1. The molecular weight excluding hydrogens is 228 g/mol. The second kappa shape index (κ2) is 4.37. The lowest BCUT2D eigenvalue weighted by Gasteiger charge is -2.04. The van der Waals surface area contributed by atoms with E-state index in [2.05, 4.69) is 15.3 Å². The van der Waals surface area contributed by atoms with Gasteiger partial charge in [-0.2, -0.15) is 0 Å². The van der Waals surface area contributed by atoms with Crippen LogP contribution in [0, 0.1) is 0 Å². The number of carbonyl (C=O) groups is 1. The maximum atomic E-state index is 11.9. The van der Waals surface area contributed by atoms with E-state index < -0.39 is 0 Å². The van der Waals surface area contributed by atoms with Gasteiger partial charge in [-0.3, -0.25) is 4.79 Å². The van der Waals surface area contributed by atoms with Crippen LogP contribution in [0.4, 0.5) is 0 Å². The van der Waals surface area contributed by atoms with Gasteiger partial charge in [-0.05, 0) is 24.3 Å². The number of imidazole rings is 1. The van der Waals surface area contributed by atoms with Crippen LogP contribution >= 0.6 is 0 Å². The molecule has 0 saturated carbocycles. The number of fused-ring (bicyclic) bond motifs is 1. The van der Waals surface area contributed by atoms with Crippen molar-refractivity contribution >= 4 is 11.6 Å². The summed E-state index contributed by atoms with van der Waals surface area (Å²) in [5.41, 5.74) is 2.43. The van der Waals surface area contributed by atoms with Crippen molar-refractivity contribution < 1.29 is 4.79 Å². The van der Waals surface area contributed by atoms with Crippen molar-refractivity contribution in [3.8, 4) is 0 Å². The number of hydrogen-bond acceptors (Lipinski definition) is 2. The van der Waals surface area contributed by atoms with E-state index in [0.29, 0.717) is 12.1 Å². The SMILES string of the molecule is O=C(NCc1ccc[nH]1)c1ccc2nccn2c1. The van der Waals surface area contributed by atoms with E-state index in [1.54, 1.807) is 18.5 Å². The highest BCUT2D eigenvalue weighted by molar-refractivity contribution is 5.94. The van der Waals surface area contributed by atoms with Crippen LogP contribution in [0.2, 0.25) is 0 Å². The van der Waals surface area contributed by atoms with Crippen molar-refractivity contribution in [2.75, 3.05) is 0 Å². The molecule has 0 aliphatic carbocycles. The Bertz CT molecular complexity index is 669. The van der Waals surface area contributed by atoms with Crippen molar-refractivity contribution in [3.05, 3.63) is 60.3 Å². The van der Waals surface area contributed by atoms with E-state index >= 15 is 0 Å². The highest BCUT2D eigenvalue weighted by Crippen LogP contribution is 2.05. The molecule has 0 atom stereocenters. The average molecular weight is 240 g/mol. The molecule has 3 aromatic heterocycles. The first-order valence-corrected chi connectivity index (χ1v) is 5.66. The van der Waals surface area contributed by atoms with Gasteiger partial charge in [0.25, 0.3) is 5.91 Å². The fourth-order valence-corrected chi connectivity index (χ4v) is 1.81. The summed E-state index contributed by atoms with van der Waals surface area (Å²) in [6.07, 6.45) is 7.12. The van der Waals surface area contributed by atoms with E-state index in [4.69, 9.17) is 0 Å². The Hall–Kier alpha value is -2.56. The van der Waals surface area contributed by atoms with E-state index in [1.807, 2.05) is 35.0 Å². The smallest absolute Gasteiger partial charge is 0.253 e. The number of hydrogen-bond donors (Lipinski definition) is 2. The van der Waals surface area contributed by atoms with Gasteiger partial charge in [-0.25, -0.2) is 4.98 Å². The molecule has 5 nitrogen and oxygen atoms in total. The molecule has 0 aromatic carbocycles. The number of rotatable bonds is 3. The highest BCUT2D eigenvalue weighted by atomic mass is 16.1. The third-order valence-electron chi connectivity index (χ3n) is 2.75. The number of carbonyl (C=O) groups excluding carboxylic acids is 1. The summed E-state index contributed by atoms with van der Waals surface area (Å²) in [6.45, 7) is 0.494. The zero-order valence-corrected chi connectivity index (χ0v) is 9.63. The lowest BCUT2D eigenvalue weighted by atomic mass is 10.2. The number of H-pyrrole nitrogens is 1. The van der Waals surface area contributed by atoms with Gasteiger partial charge < -0.3 is 14.7 Å². The number of nitrogens with zero attached hydrogens (tertiary/aromatic N) is 2. The number of aromatic nitrogens is 3. The van der Waals surface area contributed by atoms with Gasteiger partial charge in [0.1, 0.15) is 5.65 Å². The normalized spacial score (nSPS) is 10.7. The van der Waals surface area contributed by atoms with Crippen LogP contribution in [-0.4, -0.2) is 20.3 Å². The molecule has 5 heteroatoms. The minimum Gasteiger partial charge on any atom is -0.364 e. The Balaban J connectivity index is 1.75. The summed E-state index contributed by atoms with van der Waals surface area (Å²) in [7, 11) is 0. The van der Waals surface area contributed by atoms with Crippen molar-refractivity contribution in [2.45, 2.75) is 6.54 Å². The summed E-state index contributed by atoms with van der Waals surface area (Å²) in [6, 6.07) is 7.42. The van der Waals surface area contributed by atoms with Crippen molar-refractivity contribution in [2.24, 2.45) is 0 Å². The molecule has 0 aliphatic rings. The molecule has 0 bridgehead atoms. The second-order valence-electron chi connectivity index (χ2n) is 3.99. The van der Waals surface area contributed by atoms with Crippen LogP contribution in [0.3, 0.4) is 0 Å². The van der Waals surface area contributed by atoms with Crippen LogP contribution in [-0.2, 0) is 6.54 Å². The standard InChI is InChI=1S/C13H12N4O/c18-13(16-8-11-2-1-5-14-11)10-3-4-12-15-6-7-17(12)9-10/h1-7,9,14H,8H2,(H,16,18). The number of amides is 1. The predicted molar refractivity (Wildman–Crippen MR) is 67.2 cm³/mol. The summed E-state index contributed by atoms with van der Waals surface area (Å²) < 4.78 is 1.82. The molecule has 3 heterocycles. The van der Waals surface area contributed by atoms with Crippen molar-refractivity contribution in [3.63, 3.8) is 0 Å². The monoisotopic (exact) mass is 240 g/mol. The van der Waals surface area contributed by atoms with E-state index in [1.165, 1.54) is 0 Å². The molecule has 1 amide bonds. The lowest BCUT2D eigenvalue weighted by molar-refractivity contribution is 0.0950. The minimum atomic E-state index is -0.0970. The van der Waals surface area contributed by atoms with E-state index in [0.717, 1.165) is 11.3 Å². The third kappa shape index (κ3) is 1.98. The minimum absolute atomic E-state index is 0.0970. The molecule has 0 spiro atoms. The number of nitrogens with one attached hydrogen (secondary N) is 2. The van der Waals surface area contributed by atoms with Crippen molar-refractivity contribution in [1.82, 2.24) is 19.7 Å². The summed E-state index contributed by atoms with van der Waals surface area (Å²) in [5, 5.41) is 2.85. The van der Waals surface area contributed by atoms with Gasteiger partial charge in [-0.15, -0.1) is 0 Å². The van der Waals surface area contributed by atoms with Crippen molar-refractivity contribution in [1.29, 1.82) is 0 Å². The molecule has 3 rings (SSSR count). The predicted octanol–water partition coefficient (Wildman–Crippen LogP) is 1.59. The average Bonchev–Trinajstić information content (AvgIpc) is 3.05. The molecule has 18 heavy (non-hydrogen) atoms. The Morgan fingerprint density at radius 2 is 2.33 bits per heavy atom. The Labute approximate surface area is 103 Å². The van der Waals surface area contributed by atoms with Gasteiger partial charge in [-0.1, -0.05) is 0 Å².